The summed E-state index contributed by atoms with van der Waals surface area (Å²) in [6.07, 6.45) is 1.35. The number of amides is 2. The van der Waals surface area contributed by atoms with E-state index in [2.05, 4.69) is 22.2 Å². The van der Waals surface area contributed by atoms with E-state index in [1.165, 1.54) is 30.3 Å². The van der Waals surface area contributed by atoms with Crippen molar-refractivity contribution in [1.82, 2.24) is 15.6 Å². The molecule has 2 rings (SSSR count). The lowest BCUT2D eigenvalue weighted by Gasteiger charge is -2.10. The van der Waals surface area contributed by atoms with Crippen LogP contribution in [0.4, 0.5) is 4.39 Å². The van der Waals surface area contributed by atoms with Crippen LogP contribution in [0.5, 0.6) is 0 Å². The summed E-state index contributed by atoms with van der Waals surface area (Å²) in [5.74, 6) is -1.93. The highest BCUT2D eigenvalue weighted by Crippen LogP contribution is 2.22. The molecular weight excluding hydrogens is 397 g/mol. The van der Waals surface area contributed by atoms with Gasteiger partial charge < -0.3 is 0 Å². The van der Waals surface area contributed by atoms with E-state index in [4.69, 9.17) is 11.6 Å². The monoisotopic (exact) mass is 411 g/mol. The molecule has 0 atom stereocenters. The first kappa shape index (κ1) is 20.6. The van der Waals surface area contributed by atoms with Crippen LogP contribution in [0.25, 0.3) is 0 Å². The summed E-state index contributed by atoms with van der Waals surface area (Å²) < 4.78 is 39.5. The highest BCUT2D eigenvalue weighted by molar-refractivity contribution is 7.89. The van der Waals surface area contributed by atoms with E-state index >= 15 is 0 Å². The van der Waals surface area contributed by atoms with E-state index in [0.717, 1.165) is 18.2 Å². The molecule has 2 aromatic rings. The molecule has 0 aliphatic carbocycles. The molecule has 0 heterocycles. The van der Waals surface area contributed by atoms with Crippen molar-refractivity contribution in [2.45, 2.75) is 4.90 Å². The second kappa shape index (κ2) is 8.76. The second-order valence-corrected chi connectivity index (χ2v) is 7.34. The van der Waals surface area contributed by atoms with Crippen LogP contribution in [-0.4, -0.2) is 26.8 Å². The average Bonchev–Trinajstić information content (AvgIpc) is 2.65. The fourth-order valence-corrected chi connectivity index (χ4v) is 3.48. The Balaban J connectivity index is 2.12. The van der Waals surface area contributed by atoms with Crippen LogP contribution in [0.15, 0.2) is 60.0 Å². The van der Waals surface area contributed by atoms with Crippen molar-refractivity contribution < 1.29 is 22.4 Å². The molecule has 10 heteroatoms. The van der Waals surface area contributed by atoms with Crippen LogP contribution >= 0.6 is 11.6 Å². The van der Waals surface area contributed by atoms with Crippen molar-refractivity contribution >= 4 is 33.4 Å². The lowest BCUT2D eigenvalue weighted by atomic mass is 10.2. The number of hydrogen-bond donors (Lipinski definition) is 3. The first-order valence-corrected chi connectivity index (χ1v) is 9.37. The van der Waals surface area contributed by atoms with Crippen molar-refractivity contribution in [3.63, 3.8) is 0 Å². The van der Waals surface area contributed by atoms with Crippen LogP contribution in [-0.2, 0) is 10.0 Å². The minimum atomic E-state index is -3.94. The van der Waals surface area contributed by atoms with Crippen LogP contribution in [0.1, 0.15) is 20.7 Å². The van der Waals surface area contributed by atoms with Crippen molar-refractivity contribution in [2.75, 3.05) is 6.54 Å². The lowest BCUT2D eigenvalue weighted by Crippen LogP contribution is -2.41. The van der Waals surface area contributed by atoms with Crippen molar-refractivity contribution in [2.24, 2.45) is 0 Å². The van der Waals surface area contributed by atoms with E-state index in [1.54, 1.807) is 0 Å². The van der Waals surface area contributed by atoms with Gasteiger partial charge >= 0.3 is 0 Å². The second-order valence-electron chi connectivity index (χ2n) is 5.20. The smallest absolute Gasteiger partial charge is 0.267 e. The maximum Gasteiger partial charge on any atom is 0.269 e. The van der Waals surface area contributed by atoms with Gasteiger partial charge in [-0.05, 0) is 42.5 Å². The Labute approximate surface area is 160 Å². The van der Waals surface area contributed by atoms with Crippen molar-refractivity contribution in [1.29, 1.82) is 0 Å². The Bertz CT molecular complexity index is 978. The molecule has 0 unspecified atom stereocenters. The van der Waals surface area contributed by atoms with Gasteiger partial charge in [0.1, 0.15) is 10.7 Å². The minimum absolute atomic E-state index is 0.0111. The van der Waals surface area contributed by atoms with Gasteiger partial charge in [0.05, 0.1) is 5.02 Å². The van der Waals surface area contributed by atoms with Gasteiger partial charge in [-0.25, -0.2) is 17.5 Å². The number of nitrogens with one attached hydrogen (secondary N) is 3. The number of sulfonamides is 1. The molecule has 0 fully saturated rings. The number of benzene rings is 2. The number of hydrogen-bond acceptors (Lipinski definition) is 4. The minimum Gasteiger partial charge on any atom is -0.267 e. The molecule has 0 saturated heterocycles. The molecule has 2 aromatic carbocycles. The third-order valence-corrected chi connectivity index (χ3v) is 5.20. The van der Waals surface area contributed by atoms with Gasteiger partial charge in [-0.1, -0.05) is 17.7 Å². The highest BCUT2D eigenvalue weighted by atomic mass is 35.5. The van der Waals surface area contributed by atoms with E-state index in [1.807, 2.05) is 0 Å². The Kier molecular flexibility index (Phi) is 6.67. The maximum absolute atomic E-state index is 12.9. The topological polar surface area (TPSA) is 104 Å². The Morgan fingerprint density at radius 3 is 2.19 bits per heavy atom. The molecule has 27 heavy (non-hydrogen) atoms. The summed E-state index contributed by atoms with van der Waals surface area (Å²) in [5, 5.41) is -0.0709. The van der Waals surface area contributed by atoms with Crippen LogP contribution in [0.3, 0.4) is 0 Å². The van der Waals surface area contributed by atoms with Gasteiger partial charge in [-0.2, -0.15) is 0 Å². The zero-order valence-electron chi connectivity index (χ0n) is 13.8. The Hall–Kier alpha value is -2.75. The zero-order chi connectivity index (χ0) is 20.0. The molecule has 0 saturated carbocycles. The van der Waals surface area contributed by atoms with Crippen LogP contribution in [0, 0.1) is 5.82 Å². The molecule has 0 aromatic heterocycles. The van der Waals surface area contributed by atoms with Crippen molar-refractivity contribution in [3.05, 3.63) is 77.1 Å². The first-order valence-electron chi connectivity index (χ1n) is 7.51. The number of rotatable bonds is 6. The highest BCUT2D eigenvalue weighted by Gasteiger charge is 2.19. The van der Waals surface area contributed by atoms with Gasteiger partial charge in [0.15, 0.2) is 0 Å². The van der Waals surface area contributed by atoms with Gasteiger partial charge in [0.25, 0.3) is 11.8 Å². The molecule has 0 aliphatic rings. The summed E-state index contributed by atoms with van der Waals surface area (Å²) in [7, 11) is -3.94. The number of carbonyl (C=O) groups is 2. The molecule has 0 radical (unpaired) electrons. The van der Waals surface area contributed by atoms with E-state index in [0.29, 0.717) is 0 Å². The average molecular weight is 412 g/mol. The Morgan fingerprint density at radius 1 is 1.04 bits per heavy atom. The van der Waals surface area contributed by atoms with Gasteiger partial charge in [0, 0.05) is 17.7 Å². The third kappa shape index (κ3) is 5.36. The molecule has 142 valence electrons. The molecular formula is C17H15ClFN3O4S. The summed E-state index contributed by atoms with van der Waals surface area (Å²) in [4.78, 5) is 23.8. The SMILES string of the molecule is C=CCNS(=O)(=O)c1cc(C(=O)NNC(=O)c2ccc(F)cc2)ccc1Cl. The fourth-order valence-electron chi connectivity index (χ4n) is 1.96. The summed E-state index contributed by atoms with van der Waals surface area (Å²) >= 11 is 5.91. The Morgan fingerprint density at radius 2 is 1.59 bits per heavy atom. The lowest BCUT2D eigenvalue weighted by molar-refractivity contribution is 0.0846. The molecule has 3 N–H and O–H groups in total. The predicted molar refractivity (Wildman–Crippen MR) is 98.2 cm³/mol. The molecule has 0 spiro atoms. The van der Waals surface area contributed by atoms with Crippen LogP contribution < -0.4 is 15.6 Å². The van der Waals surface area contributed by atoms with E-state index in [9.17, 15) is 22.4 Å². The fraction of sp³-hybridized carbons (Fsp3) is 0.0588. The zero-order valence-corrected chi connectivity index (χ0v) is 15.4. The third-order valence-electron chi connectivity index (χ3n) is 3.30. The number of halogens is 2. The molecule has 0 bridgehead atoms. The van der Waals surface area contributed by atoms with Crippen molar-refractivity contribution in [3.8, 4) is 0 Å². The molecule has 2 amide bonds. The summed E-state index contributed by atoms with van der Waals surface area (Å²) in [6.45, 7) is 3.40. The predicted octanol–water partition coefficient (Wildman–Crippen LogP) is 2.02. The quantitative estimate of drug-likeness (QED) is 0.499. The number of carbonyl (C=O) groups excluding carboxylic acids is 2. The normalized spacial score (nSPS) is 10.9. The standard InChI is InChI=1S/C17H15ClFN3O4S/c1-2-9-20-27(25,26)15-10-12(5-8-14(15)18)17(24)22-21-16(23)11-3-6-13(19)7-4-11/h2-8,10,20H,1,9H2,(H,21,23)(H,22,24). The molecule has 7 nitrogen and oxygen atoms in total. The maximum atomic E-state index is 12.9. The summed E-state index contributed by atoms with van der Waals surface area (Å²) in [6, 6.07) is 8.32. The van der Waals surface area contributed by atoms with Gasteiger partial charge in [0.2, 0.25) is 10.0 Å². The van der Waals surface area contributed by atoms with Gasteiger partial charge in [-0.15, -0.1) is 6.58 Å². The summed E-state index contributed by atoms with van der Waals surface area (Å²) in [5.41, 5.74) is 4.38. The van der Waals surface area contributed by atoms with E-state index in [-0.39, 0.29) is 27.6 Å². The largest absolute Gasteiger partial charge is 0.269 e. The first-order chi connectivity index (χ1) is 12.7. The van der Waals surface area contributed by atoms with Gasteiger partial charge in [-0.3, -0.25) is 20.4 Å². The molecule has 0 aliphatic heterocycles. The van der Waals surface area contributed by atoms with Crippen LogP contribution in [0.2, 0.25) is 5.02 Å². The van der Waals surface area contributed by atoms with E-state index < -0.39 is 27.7 Å². The number of hydrazine groups is 1.